The Kier molecular flexibility index (Phi) is 5.88. The lowest BCUT2D eigenvalue weighted by Gasteiger charge is -2.34. The van der Waals surface area contributed by atoms with E-state index < -0.39 is 6.10 Å². The van der Waals surface area contributed by atoms with Gasteiger partial charge in [0.2, 0.25) is 0 Å². The van der Waals surface area contributed by atoms with E-state index in [1.165, 1.54) is 0 Å². The minimum atomic E-state index is -0.576. The molecule has 0 unspecified atom stereocenters. The molecule has 7 heteroatoms. The van der Waals surface area contributed by atoms with Crippen LogP contribution in [0.3, 0.4) is 0 Å². The lowest BCUT2D eigenvalue weighted by molar-refractivity contribution is 0.0584. The summed E-state index contributed by atoms with van der Waals surface area (Å²) in [5, 5.41) is 13.5. The van der Waals surface area contributed by atoms with Crippen molar-refractivity contribution in [2.24, 2.45) is 13.0 Å². The third-order valence-corrected chi connectivity index (χ3v) is 5.00. The van der Waals surface area contributed by atoms with Crippen molar-refractivity contribution < 1.29 is 9.90 Å². The van der Waals surface area contributed by atoms with Gasteiger partial charge in [-0.15, -0.1) is 0 Å². The first-order valence-corrected chi connectivity index (χ1v) is 9.15. The van der Waals surface area contributed by atoms with E-state index >= 15 is 0 Å². The summed E-state index contributed by atoms with van der Waals surface area (Å²) >= 11 is 0. The highest BCUT2D eigenvalue weighted by Crippen LogP contribution is 2.29. The normalized spacial score (nSPS) is 16.5. The number of piperidine rings is 1. The number of hydrogen-bond acceptors (Lipinski definition) is 4. The van der Waals surface area contributed by atoms with Crippen molar-refractivity contribution in [2.45, 2.75) is 32.3 Å². The second-order valence-electron chi connectivity index (χ2n) is 6.92. The molecule has 2 amide bonds. The van der Waals surface area contributed by atoms with Gasteiger partial charge in [0.1, 0.15) is 11.9 Å². The van der Waals surface area contributed by atoms with Gasteiger partial charge in [0.15, 0.2) is 0 Å². The third kappa shape index (κ3) is 4.40. The zero-order valence-electron chi connectivity index (χ0n) is 15.4. The van der Waals surface area contributed by atoms with Gasteiger partial charge in [-0.1, -0.05) is 6.07 Å². The number of nitrogens with one attached hydrogen (secondary N) is 1. The predicted molar refractivity (Wildman–Crippen MR) is 98.5 cm³/mol. The lowest BCUT2D eigenvalue weighted by atomic mass is 9.91. The molecule has 3 heterocycles. The van der Waals surface area contributed by atoms with Crippen LogP contribution in [0.2, 0.25) is 0 Å². The van der Waals surface area contributed by atoms with E-state index in [0.29, 0.717) is 25.5 Å². The first-order valence-electron chi connectivity index (χ1n) is 9.15. The molecule has 2 aromatic heterocycles. The van der Waals surface area contributed by atoms with Gasteiger partial charge in [-0.3, -0.25) is 4.98 Å². The van der Waals surface area contributed by atoms with Crippen LogP contribution in [0.25, 0.3) is 0 Å². The van der Waals surface area contributed by atoms with E-state index in [0.717, 1.165) is 30.7 Å². The highest BCUT2D eigenvalue weighted by atomic mass is 16.3. The number of aryl methyl sites for hydroxylation is 2. The van der Waals surface area contributed by atoms with Crippen molar-refractivity contribution in [1.29, 1.82) is 0 Å². The Hall–Kier alpha value is -2.41. The maximum Gasteiger partial charge on any atom is 0.317 e. The minimum absolute atomic E-state index is 0.0393. The zero-order chi connectivity index (χ0) is 18.5. The Labute approximate surface area is 154 Å². The number of aliphatic hydroxyl groups excluding tert-OH is 1. The van der Waals surface area contributed by atoms with Crippen molar-refractivity contribution in [3.05, 3.63) is 47.8 Å². The van der Waals surface area contributed by atoms with Gasteiger partial charge in [-0.05, 0) is 37.8 Å². The second kappa shape index (κ2) is 8.31. The summed E-state index contributed by atoms with van der Waals surface area (Å²) in [5.41, 5.74) is 1.98. The maximum atomic E-state index is 12.3. The summed E-state index contributed by atoms with van der Waals surface area (Å²) < 4.78 is 1.85. The molecule has 1 aliphatic heterocycles. The van der Waals surface area contributed by atoms with Crippen LogP contribution in [0.15, 0.2) is 30.6 Å². The molecule has 1 fully saturated rings. The number of hydrogen-bond donors (Lipinski definition) is 2. The number of rotatable bonds is 5. The van der Waals surface area contributed by atoms with Crippen molar-refractivity contribution >= 4 is 6.03 Å². The van der Waals surface area contributed by atoms with E-state index in [2.05, 4.69) is 15.3 Å². The lowest BCUT2D eigenvalue weighted by Crippen LogP contribution is -2.45. The number of aliphatic hydroxyl groups is 1. The first-order chi connectivity index (χ1) is 12.5. The van der Waals surface area contributed by atoms with E-state index in [9.17, 15) is 9.90 Å². The first kappa shape index (κ1) is 18.4. The van der Waals surface area contributed by atoms with Crippen LogP contribution >= 0.6 is 0 Å². The number of imidazole rings is 1. The Morgan fingerprint density at radius 2 is 2.15 bits per heavy atom. The number of carbonyl (C=O) groups is 1. The summed E-state index contributed by atoms with van der Waals surface area (Å²) in [6.07, 6.45) is 5.24. The van der Waals surface area contributed by atoms with Crippen molar-refractivity contribution in [1.82, 2.24) is 24.8 Å². The summed E-state index contributed by atoms with van der Waals surface area (Å²) in [6, 6.07) is 5.88. The second-order valence-corrected chi connectivity index (χ2v) is 6.92. The molecule has 0 aliphatic carbocycles. The molecular formula is C19H27N5O2. The molecule has 0 radical (unpaired) electrons. The summed E-state index contributed by atoms with van der Waals surface area (Å²) in [5.74, 6) is 0.829. The number of pyridine rings is 1. The summed E-state index contributed by atoms with van der Waals surface area (Å²) in [4.78, 5) is 22.8. The number of urea groups is 1. The minimum Gasteiger partial charge on any atom is -0.385 e. The molecule has 0 aromatic carbocycles. The quantitative estimate of drug-likeness (QED) is 0.855. The molecule has 2 N–H and O–H groups in total. The average Bonchev–Trinajstić information content (AvgIpc) is 3.07. The number of likely N-dealkylation sites (tertiary alicyclic amines) is 1. The summed E-state index contributed by atoms with van der Waals surface area (Å²) in [6.45, 7) is 3.85. The Morgan fingerprint density at radius 3 is 2.81 bits per heavy atom. The fourth-order valence-corrected chi connectivity index (χ4v) is 3.44. The van der Waals surface area contributed by atoms with E-state index in [1.54, 1.807) is 6.20 Å². The smallest absolute Gasteiger partial charge is 0.317 e. The van der Waals surface area contributed by atoms with Crippen LogP contribution in [0.1, 0.15) is 36.2 Å². The Bertz CT molecular complexity index is 737. The molecule has 3 rings (SSSR count). The van der Waals surface area contributed by atoms with E-state index in [1.807, 2.05) is 47.8 Å². The molecule has 1 saturated heterocycles. The van der Waals surface area contributed by atoms with E-state index in [-0.39, 0.29) is 11.9 Å². The van der Waals surface area contributed by atoms with Gasteiger partial charge in [0, 0.05) is 56.9 Å². The molecule has 0 spiro atoms. The topological polar surface area (TPSA) is 83.3 Å². The SMILES string of the molecule is Cc1cccc(CCNC(=O)N2CCC([C@@H](O)c3nccn3C)CC2)n1. The third-order valence-electron chi connectivity index (χ3n) is 5.00. The molecule has 26 heavy (non-hydrogen) atoms. The summed E-state index contributed by atoms with van der Waals surface area (Å²) in [7, 11) is 1.89. The van der Waals surface area contributed by atoms with Gasteiger partial charge in [0.05, 0.1) is 0 Å². The van der Waals surface area contributed by atoms with Gasteiger partial charge in [0.25, 0.3) is 0 Å². The monoisotopic (exact) mass is 357 g/mol. The molecule has 0 bridgehead atoms. The van der Waals surface area contributed by atoms with Gasteiger partial charge < -0.3 is 19.9 Å². The zero-order valence-corrected chi connectivity index (χ0v) is 15.4. The average molecular weight is 357 g/mol. The van der Waals surface area contributed by atoms with Crippen LogP contribution in [-0.4, -0.2) is 50.2 Å². The largest absolute Gasteiger partial charge is 0.385 e. The standard InChI is InChI=1S/C19H27N5O2/c1-14-4-3-5-16(22-14)6-9-21-19(26)24-11-7-15(8-12-24)17(25)18-20-10-13-23(18)2/h3-5,10,13,15,17,25H,6-9,11-12H2,1-2H3,(H,21,26)/t17-/m1/s1. The van der Waals surface area contributed by atoms with E-state index in [4.69, 9.17) is 0 Å². The van der Waals surface area contributed by atoms with Crippen LogP contribution < -0.4 is 5.32 Å². The molecule has 2 aromatic rings. The van der Waals surface area contributed by atoms with Crippen LogP contribution in [-0.2, 0) is 13.5 Å². The fourth-order valence-electron chi connectivity index (χ4n) is 3.44. The fraction of sp³-hybridized carbons (Fsp3) is 0.526. The molecule has 1 aliphatic rings. The van der Waals surface area contributed by atoms with Crippen molar-refractivity contribution in [3.8, 4) is 0 Å². The number of carbonyl (C=O) groups excluding carboxylic acids is 1. The van der Waals surface area contributed by atoms with Gasteiger partial charge in [-0.25, -0.2) is 9.78 Å². The van der Waals surface area contributed by atoms with Crippen LogP contribution in [0.5, 0.6) is 0 Å². The number of nitrogens with zero attached hydrogens (tertiary/aromatic N) is 4. The maximum absolute atomic E-state index is 12.3. The van der Waals surface area contributed by atoms with Crippen LogP contribution in [0, 0.1) is 12.8 Å². The Morgan fingerprint density at radius 1 is 1.38 bits per heavy atom. The van der Waals surface area contributed by atoms with Gasteiger partial charge >= 0.3 is 6.03 Å². The van der Waals surface area contributed by atoms with Gasteiger partial charge in [-0.2, -0.15) is 0 Å². The number of aromatic nitrogens is 3. The molecule has 140 valence electrons. The van der Waals surface area contributed by atoms with Crippen LogP contribution in [0.4, 0.5) is 4.79 Å². The Balaban J connectivity index is 1.43. The predicted octanol–water partition coefficient (Wildman–Crippen LogP) is 1.82. The highest BCUT2D eigenvalue weighted by molar-refractivity contribution is 5.74. The molecule has 0 saturated carbocycles. The number of amides is 2. The van der Waals surface area contributed by atoms with Crippen molar-refractivity contribution in [2.75, 3.05) is 19.6 Å². The molecular weight excluding hydrogens is 330 g/mol. The molecule has 7 nitrogen and oxygen atoms in total. The highest BCUT2D eigenvalue weighted by Gasteiger charge is 2.29. The van der Waals surface area contributed by atoms with Crippen molar-refractivity contribution in [3.63, 3.8) is 0 Å². The molecule has 1 atom stereocenters.